The van der Waals surface area contributed by atoms with Gasteiger partial charge >= 0.3 is 0 Å². The highest BCUT2D eigenvalue weighted by Crippen LogP contribution is 2.38. The topological polar surface area (TPSA) is 52.7 Å². The maximum absolute atomic E-state index is 12.2. The van der Waals surface area contributed by atoms with Crippen molar-refractivity contribution in [3.63, 3.8) is 0 Å². The van der Waals surface area contributed by atoms with Crippen LogP contribution in [0.4, 0.5) is 0 Å². The van der Waals surface area contributed by atoms with Crippen LogP contribution in [0.2, 0.25) is 5.15 Å². The van der Waals surface area contributed by atoms with Crippen molar-refractivity contribution in [1.82, 2.24) is 19.1 Å². The summed E-state index contributed by atoms with van der Waals surface area (Å²) in [5.41, 5.74) is 0.913. The van der Waals surface area contributed by atoms with Crippen molar-refractivity contribution < 1.29 is 0 Å². The summed E-state index contributed by atoms with van der Waals surface area (Å²) in [5.74, 6) is 1.18. The number of aromatic nitrogens is 4. The molecule has 5 nitrogen and oxygen atoms in total. The molecule has 2 aromatic rings. The summed E-state index contributed by atoms with van der Waals surface area (Å²) in [6.07, 6.45) is 5.76. The molecular formula is C14H17ClN4O. The fourth-order valence-electron chi connectivity index (χ4n) is 2.39. The maximum Gasteiger partial charge on any atom is 0.255 e. The van der Waals surface area contributed by atoms with Gasteiger partial charge in [0.2, 0.25) is 0 Å². The van der Waals surface area contributed by atoms with E-state index < -0.39 is 0 Å². The third kappa shape index (κ3) is 2.50. The summed E-state index contributed by atoms with van der Waals surface area (Å²) in [6, 6.07) is 1.69. The van der Waals surface area contributed by atoms with Gasteiger partial charge in [0.25, 0.3) is 5.56 Å². The molecule has 0 spiro atoms. The highest BCUT2D eigenvalue weighted by molar-refractivity contribution is 6.29. The van der Waals surface area contributed by atoms with Crippen molar-refractivity contribution in [1.29, 1.82) is 0 Å². The summed E-state index contributed by atoms with van der Waals surface area (Å²) in [5, 5.41) is 0.283. The van der Waals surface area contributed by atoms with E-state index in [1.54, 1.807) is 17.1 Å². The van der Waals surface area contributed by atoms with Crippen molar-refractivity contribution in [3.8, 4) is 0 Å². The first-order valence-electron chi connectivity index (χ1n) is 6.84. The molecule has 0 atom stereocenters. The number of imidazole rings is 1. The Kier molecular flexibility index (Phi) is 3.38. The zero-order valence-electron chi connectivity index (χ0n) is 11.6. The smallest absolute Gasteiger partial charge is 0.255 e. The molecule has 0 amide bonds. The Morgan fingerprint density at radius 3 is 2.85 bits per heavy atom. The minimum absolute atomic E-state index is 0.0941. The van der Waals surface area contributed by atoms with Gasteiger partial charge in [0, 0.05) is 24.2 Å². The van der Waals surface area contributed by atoms with E-state index in [-0.39, 0.29) is 10.7 Å². The lowest BCUT2D eigenvalue weighted by molar-refractivity contribution is 0.548. The molecule has 1 aliphatic carbocycles. The normalized spacial score (nSPS) is 15.0. The van der Waals surface area contributed by atoms with Gasteiger partial charge in [-0.05, 0) is 26.7 Å². The van der Waals surface area contributed by atoms with Crippen LogP contribution in [0.3, 0.4) is 0 Å². The molecule has 0 radical (unpaired) electrons. The third-order valence-corrected chi connectivity index (χ3v) is 3.77. The molecule has 2 heterocycles. The SMILES string of the molecule is CC(C)n1cncc1Cn1c(C2CC2)nc(Cl)cc1=O. The molecule has 0 N–H and O–H groups in total. The average molecular weight is 293 g/mol. The van der Waals surface area contributed by atoms with Crippen molar-refractivity contribution in [2.24, 2.45) is 0 Å². The predicted octanol–water partition coefficient (Wildman–Crippen LogP) is 2.60. The van der Waals surface area contributed by atoms with Gasteiger partial charge in [0.15, 0.2) is 0 Å². The van der Waals surface area contributed by atoms with Crippen LogP contribution in [0, 0.1) is 0 Å². The van der Waals surface area contributed by atoms with Crippen LogP contribution in [0.25, 0.3) is 0 Å². The van der Waals surface area contributed by atoms with Crippen LogP contribution in [0.5, 0.6) is 0 Å². The highest BCUT2D eigenvalue weighted by atomic mass is 35.5. The van der Waals surface area contributed by atoms with E-state index >= 15 is 0 Å². The van der Waals surface area contributed by atoms with Crippen LogP contribution in [0.15, 0.2) is 23.4 Å². The van der Waals surface area contributed by atoms with E-state index in [0.29, 0.717) is 18.5 Å². The minimum atomic E-state index is -0.0941. The molecule has 0 unspecified atom stereocenters. The molecule has 3 rings (SSSR count). The molecule has 106 valence electrons. The summed E-state index contributed by atoms with van der Waals surface area (Å²) in [6.45, 7) is 4.68. The molecule has 0 bridgehead atoms. The van der Waals surface area contributed by atoms with Gasteiger partial charge in [0.1, 0.15) is 11.0 Å². The molecule has 1 saturated carbocycles. The lowest BCUT2D eigenvalue weighted by Gasteiger charge is -2.15. The van der Waals surface area contributed by atoms with Gasteiger partial charge in [-0.3, -0.25) is 9.36 Å². The van der Waals surface area contributed by atoms with E-state index in [9.17, 15) is 4.79 Å². The molecule has 6 heteroatoms. The Hall–Kier alpha value is -1.62. The monoisotopic (exact) mass is 292 g/mol. The van der Waals surface area contributed by atoms with Crippen LogP contribution in [-0.2, 0) is 6.54 Å². The largest absolute Gasteiger partial charge is 0.330 e. The summed E-state index contributed by atoms with van der Waals surface area (Å²) < 4.78 is 3.79. The zero-order chi connectivity index (χ0) is 14.3. The fraction of sp³-hybridized carbons (Fsp3) is 0.500. The maximum atomic E-state index is 12.2. The third-order valence-electron chi connectivity index (χ3n) is 3.57. The molecule has 0 aromatic carbocycles. The first-order valence-corrected chi connectivity index (χ1v) is 7.22. The second-order valence-corrected chi connectivity index (χ2v) is 5.91. The van der Waals surface area contributed by atoms with Gasteiger partial charge < -0.3 is 4.57 Å². The van der Waals surface area contributed by atoms with Gasteiger partial charge in [-0.15, -0.1) is 0 Å². The van der Waals surface area contributed by atoms with Gasteiger partial charge in [0.05, 0.1) is 18.6 Å². The van der Waals surface area contributed by atoms with Crippen molar-refractivity contribution in [2.75, 3.05) is 0 Å². The molecule has 2 aromatic heterocycles. The van der Waals surface area contributed by atoms with Gasteiger partial charge in [-0.2, -0.15) is 0 Å². The lowest BCUT2D eigenvalue weighted by atomic mass is 10.3. The quantitative estimate of drug-likeness (QED) is 0.814. The summed E-state index contributed by atoms with van der Waals surface area (Å²) in [4.78, 5) is 20.7. The van der Waals surface area contributed by atoms with Crippen molar-refractivity contribution in [3.05, 3.63) is 45.6 Å². The van der Waals surface area contributed by atoms with Gasteiger partial charge in [-0.1, -0.05) is 11.6 Å². The Balaban J connectivity index is 2.02. The second kappa shape index (κ2) is 5.05. The Bertz CT molecular complexity index is 685. The Labute approximate surface area is 122 Å². The highest BCUT2D eigenvalue weighted by Gasteiger charge is 2.29. The van der Waals surface area contributed by atoms with E-state index in [0.717, 1.165) is 24.4 Å². The number of halogens is 1. The van der Waals surface area contributed by atoms with Gasteiger partial charge in [-0.25, -0.2) is 9.97 Å². The number of hydrogen-bond donors (Lipinski definition) is 0. The molecule has 20 heavy (non-hydrogen) atoms. The van der Waals surface area contributed by atoms with E-state index in [2.05, 4.69) is 28.4 Å². The van der Waals surface area contributed by atoms with Crippen LogP contribution < -0.4 is 5.56 Å². The predicted molar refractivity (Wildman–Crippen MR) is 77.2 cm³/mol. The molecule has 0 aliphatic heterocycles. The lowest BCUT2D eigenvalue weighted by Crippen LogP contribution is -2.26. The van der Waals surface area contributed by atoms with E-state index in [1.165, 1.54) is 6.07 Å². The average Bonchev–Trinajstić information content (AvgIpc) is 3.11. The number of hydrogen-bond acceptors (Lipinski definition) is 3. The first kappa shape index (κ1) is 13.4. The first-order chi connectivity index (χ1) is 9.56. The van der Waals surface area contributed by atoms with Crippen LogP contribution in [-0.4, -0.2) is 19.1 Å². The standard InChI is InChI=1S/C14H17ClN4O/c1-9(2)19-8-16-6-11(19)7-18-13(20)5-12(15)17-14(18)10-3-4-10/h5-6,8-10H,3-4,7H2,1-2H3. The van der Waals surface area contributed by atoms with E-state index in [1.807, 2.05) is 0 Å². The number of nitrogens with zero attached hydrogens (tertiary/aromatic N) is 4. The van der Waals surface area contributed by atoms with E-state index in [4.69, 9.17) is 11.6 Å². The minimum Gasteiger partial charge on any atom is -0.330 e. The molecule has 1 aliphatic rings. The molecule has 0 saturated heterocycles. The second-order valence-electron chi connectivity index (χ2n) is 5.52. The van der Waals surface area contributed by atoms with Crippen molar-refractivity contribution in [2.45, 2.75) is 45.2 Å². The number of rotatable bonds is 4. The van der Waals surface area contributed by atoms with Crippen molar-refractivity contribution >= 4 is 11.6 Å². The van der Waals surface area contributed by atoms with Crippen LogP contribution >= 0.6 is 11.6 Å². The Morgan fingerprint density at radius 1 is 1.45 bits per heavy atom. The summed E-state index contributed by atoms with van der Waals surface area (Å²) >= 11 is 5.92. The fourth-order valence-corrected chi connectivity index (χ4v) is 2.57. The Morgan fingerprint density at radius 2 is 2.20 bits per heavy atom. The molecule has 1 fully saturated rings. The van der Waals surface area contributed by atoms with Crippen LogP contribution in [0.1, 0.15) is 50.2 Å². The molecular weight excluding hydrogens is 276 g/mol. The zero-order valence-corrected chi connectivity index (χ0v) is 12.3. The summed E-state index contributed by atoms with van der Waals surface area (Å²) in [7, 11) is 0.